The Morgan fingerprint density at radius 1 is 1.12 bits per heavy atom. The smallest absolute Gasteiger partial charge is 0.338 e. The average molecular weight is 325 g/mol. The predicted octanol–water partition coefficient (Wildman–Crippen LogP) is 4.10. The number of Topliss-reactive ketones (excluding diaryl/α,β-unsaturated/α-hetero) is 1. The molecular formula is C20H23NO3. The molecule has 126 valence electrons. The van der Waals surface area contributed by atoms with E-state index >= 15 is 0 Å². The topological polar surface area (TPSA) is 48.3 Å². The lowest BCUT2D eigenvalue weighted by atomic mass is 10.0. The van der Waals surface area contributed by atoms with Crippen LogP contribution in [0.2, 0.25) is 0 Å². The Hall–Kier alpha value is -2.36. The predicted molar refractivity (Wildman–Crippen MR) is 92.7 cm³/mol. The van der Waals surface area contributed by atoms with Gasteiger partial charge in [-0.2, -0.15) is 0 Å². The van der Waals surface area contributed by atoms with Crippen LogP contribution in [0.5, 0.6) is 0 Å². The van der Waals surface area contributed by atoms with Crippen molar-refractivity contribution in [3.63, 3.8) is 0 Å². The second-order valence-corrected chi connectivity index (χ2v) is 6.63. The Morgan fingerprint density at radius 3 is 2.50 bits per heavy atom. The van der Waals surface area contributed by atoms with Crippen LogP contribution in [0.1, 0.15) is 62.1 Å². The molecule has 4 nitrogen and oxygen atoms in total. The quantitative estimate of drug-likeness (QED) is 0.614. The monoisotopic (exact) mass is 325 g/mol. The van der Waals surface area contributed by atoms with E-state index in [1.807, 2.05) is 45.9 Å². The van der Waals surface area contributed by atoms with Gasteiger partial charge in [0.1, 0.15) is 0 Å². The van der Waals surface area contributed by atoms with Gasteiger partial charge in [0.05, 0.1) is 5.56 Å². The molecule has 0 radical (unpaired) electrons. The number of hydrogen-bond acceptors (Lipinski definition) is 3. The van der Waals surface area contributed by atoms with Gasteiger partial charge in [-0.1, -0.05) is 12.1 Å². The summed E-state index contributed by atoms with van der Waals surface area (Å²) >= 11 is 0. The third-order valence-corrected chi connectivity index (χ3v) is 4.86. The van der Waals surface area contributed by atoms with E-state index in [2.05, 4.69) is 4.57 Å². The first kappa shape index (κ1) is 16.5. The largest absolute Gasteiger partial charge is 0.454 e. The van der Waals surface area contributed by atoms with Gasteiger partial charge in [0.2, 0.25) is 5.78 Å². The summed E-state index contributed by atoms with van der Waals surface area (Å²) < 4.78 is 7.48. The molecule has 1 saturated carbocycles. The van der Waals surface area contributed by atoms with Gasteiger partial charge in [-0.15, -0.1) is 0 Å². The number of carbonyl (C=O) groups is 2. The van der Waals surface area contributed by atoms with Crippen LogP contribution in [-0.2, 0) is 4.74 Å². The molecule has 0 bridgehead atoms. The minimum Gasteiger partial charge on any atom is -0.454 e. The van der Waals surface area contributed by atoms with Crippen LogP contribution in [0.4, 0.5) is 0 Å². The number of carbonyl (C=O) groups excluding carboxylic acids is 2. The second-order valence-electron chi connectivity index (χ2n) is 6.63. The van der Waals surface area contributed by atoms with Crippen LogP contribution in [0, 0.1) is 27.7 Å². The summed E-state index contributed by atoms with van der Waals surface area (Å²) in [5, 5.41) is 0. The number of esters is 1. The molecule has 0 spiro atoms. The Kier molecular flexibility index (Phi) is 4.31. The second kappa shape index (κ2) is 6.27. The first-order valence-corrected chi connectivity index (χ1v) is 8.35. The molecule has 24 heavy (non-hydrogen) atoms. The maximum Gasteiger partial charge on any atom is 0.338 e. The van der Waals surface area contributed by atoms with Gasteiger partial charge in [-0.05, 0) is 63.8 Å². The van der Waals surface area contributed by atoms with Gasteiger partial charge in [0.25, 0.3) is 0 Å². The fourth-order valence-corrected chi connectivity index (χ4v) is 3.21. The number of aryl methyl sites for hydroxylation is 2. The molecule has 0 aliphatic heterocycles. The molecule has 2 aromatic rings. The van der Waals surface area contributed by atoms with Crippen LogP contribution in [0.25, 0.3) is 0 Å². The van der Waals surface area contributed by atoms with Crippen molar-refractivity contribution in [3.8, 4) is 0 Å². The van der Waals surface area contributed by atoms with Crippen LogP contribution in [0.15, 0.2) is 24.3 Å². The molecular weight excluding hydrogens is 302 g/mol. The minimum absolute atomic E-state index is 0.145. The molecule has 0 unspecified atom stereocenters. The maximum absolute atomic E-state index is 12.5. The third-order valence-electron chi connectivity index (χ3n) is 4.86. The molecule has 0 saturated heterocycles. The van der Waals surface area contributed by atoms with Gasteiger partial charge in [0, 0.05) is 23.0 Å². The molecule has 3 rings (SSSR count). The summed E-state index contributed by atoms with van der Waals surface area (Å²) in [7, 11) is 0. The molecule has 1 heterocycles. The zero-order chi connectivity index (χ0) is 17.4. The zero-order valence-electron chi connectivity index (χ0n) is 14.7. The molecule has 0 atom stereocenters. The van der Waals surface area contributed by atoms with E-state index in [9.17, 15) is 9.59 Å². The molecule has 4 heteroatoms. The van der Waals surface area contributed by atoms with Crippen molar-refractivity contribution in [1.82, 2.24) is 4.57 Å². The lowest BCUT2D eigenvalue weighted by molar-refractivity contribution is 0.0473. The van der Waals surface area contributed by atoms with E-state index in [1.165, 1.54) is 12.8 Å². The van der Waals surface area contributed by atoms with Crippen molar-refractivity contribution in [2.45, 2.75) is 46.6 Å². The third kappa shape index (κ3) is 3.01. The summed E-state index contributed by atoms with van der Waals surface area (Å²) in [6.07, 6.45) is 2.34. The highest BCUT2D eigenvalue weighted by molar-refractivity contribution is 6.00. The zero-order valence-corrected chi connectivity index (χ0v) is 14.7. The Morgan fingerprint density at radius 2 is 1.83 bits per heavy atom. The number of ketones is 1. The van der Waals surface area contributed by atoms with Crippen molar-refractivity contribution < 1.29 is 14.3 Å². The summed E-state index contributed by atoms with van der Waals surface area (Å²) in [4.78, 5) is 24.7. The molecule has 1 fully saturated rings. The van der Waals surface area contributed by atoms with Gasteiger partial charge >= 0.3 is 5.97 Å². The standard InChI is InChI=1S/C20H23NO3/c1-12-6-5-7-17(14(12)3)20(23)24-11-19(22)18-10-13(2)21(15(18)4)16-8-9-16/h5-7,10,16H,8-9,11H2,1-4H3. The van der Waals surface area contributed by atoms with E-state index in [4.69, 9.17) is 4.74 Å². The van der Waals surface area contributed by atoms with E-state index < -0.39 is 5.97 Å². The van der Waals surface area contributed by atoms with Crippen LogP contribution in [0.3, 0.4) is 0 Å². The van der Waals surface area contributed by atoms with E-state index in [-0.39, 0.29) is 12.4 Å². The van der Waals surface area contributed by atoms with E-state index in [1.54, 1.807) is 6.07 Å². The van der Waals surface area contributed by atoms with Gasteiger partial charge in [-0.25, -0.2) is 4.79 Å². The number of hydrogen-bond donors (Lipinski definition) is 0. The van der Waals surface area contributed by atoms with Crippen LogP contribution < -0.4 is 0 Å². The number of aromatic nitrogens is 1. The lowest BCUT2D eigenvalue weighted by Gasteiger charge is -2.09. The molecule has 1 aliphatic carbocycles. The van der Waals surface area contributed by atoms with Crippen LogP contribution in [-0.4, -0.2) is 22.9 Å². The number of nitrogens with zero attached hydrogens (tertiary/aromatic N) is 1. The fourth-order valence-electron chi connectivity index (χ4n) is 3.21. The first-order valence-electron chi connectivity index (χ1n) is 8.35. The fraction of sp³-hybridized carbons (Fsp3) is 0.400. The molecule has 1 aromatic carbocycles. The number of benzene rings is 1. The average Bonchev–Trinajstić information content (AvgIpc) is 3.33. The van der Waals surface area contributed by atoms with Gasteiger partial charge < -0.3 is 9.30 Å². The van der Waals surface area contributed by atoms with Gasteiger partial charge in [0.15, 0.2) is 6.61 Å². The number of rotatable bonds is 5. The maximum atomic E-state index is 12.5. The summed E-state index contributed by atoms with van der Waals surface area (Å²) in [6, 6.07) is 7.94. The highest BCUT2D eigenvalue weighted by Gasteiger charge is 2.28. The highest BCUT2D eigenvalue weighted by Crippen LogP contribution is 2.38. The SMILES string of the molecule is Cc1cccc(C(=O)OCC(=O)c2cc(C)n(C3CC3)c2C)c1C. The molecule has 1 aromatic heterocycles. The molecule has 0 N–H and O–H groups in total. The van der Waals surface area contributed by atoms with Crippen molar-refractivity contribution >= 4 is 11.8 Å². The molecule has 1 aliphatic rings. The van der Waals surface area contributed by atoms with Gasteiger partial charge in [-0.3, -0.25) is 4.79 Å². The molecule has 0 amide bonds. The van der Waals surface area contributed by atoms with Crippen molar-refractivity contribution in [3.05, 3.63) is 57.9 Å². The summed E-state index contributed by atoms with van der Waals surface area (Å²) in [5.74, 6) is -0.589. The Labute approximate surface area is 142 Å². The van der Waals surface area contributed by atoms with Crippen molar-refractivity contribution in [1.29, 1.82) is 0 Å². The Balaban J connectivity index is 1.71. The van der Waals surface area contributed by atoms with E-state index in [0.717, 1.165) is 22.5 Å². The van der Waals surface area contributed by atoms with Crippen molar-refractivity contribution in [2.24, 2.45) is 0 Å². The first-order chi connectivity index (χ1) is 11.4. The minimum atomic E-state index is -0.444. The van der Waals surface area contributed by atoms with Crippen LogP contribution >= 0.6 is 0 Å². The van der Waals surface area contributed by atoms with Crippen molar-refractivity contribution in [2.75, 3.05) is 6.61 Å². The summed E-state index contributed by atoms with van der Waals surface area (Å²) in [6.45, 7) is 7.59. The summed E-state index contributed by atoms with van der Waals surface area (Å²) in [5.41, 5.74) is 5.17. The Bertz CT molecular complexity index is 813. The highest BCUT2D eigenvalue weighted by atomic mass is 16.5. The van der Waals surface area contributed by atoms with E-state index in [0.29, 0.717) is 17.2 Å². The lowest BCUT2D eigenvalue weighted by Crippen LogP contribution is -2.16. The normalized spacial score (nSPS) is 13.8. The number of ether oxygens (including phenoxy) is 1.